The van der Waals surface area contributed by atoms with Crippen LogP contribution >= 0.6 is 11.8 Å². The van der Waals surface area contributed by atoms with E-state index in [1.165, 1.54) is 17.8 Å². The van der Waals surface area contributed by atoms with E-state index in [1.54, 1.807) is 0 Å². The van der Waals surface area contributed by atoms with Crippen molar-refractivity contribution in [1.82, 2.24) is 5.32 Å². The third-order valence-electron chi connectivity index (χ3n) is 3.13. The molecule has 1 aromatic rings. The van der Waals surface area contributed by atoms with Gasteiger partial charge in [0.05, 0.1) is 10.8 Å². The molecule has 0 spiro atoms. The number of anilines is 1. The van der Waals surface area contributed by atoms with E-state index in [9.17, 15) is 9.59 Å². The number of para-hydroxylation sites is 1. The summed E-state index contributed by atoms with van der Waals surface area (Å²) >= 11 is 1.35. The van der Waals surface area contributed by atoms with Crippen molar-refractivity contribution in [2.45, 2.75) is 26.7 Å². The standard InChI is InChI=1S/C15H18N2O2S/c1-3-10-6-5-7-11(4-2)15(10)17-12(18)8-14-16-13(19)9-20-14/h5-8H,3-4,9H2,1-2H3,(H,16,19)(H,17,18)/b14-8+. The fourth-order valence-electron chi connectivity index (χ4n) is 2.11. The molecule has 1 fully saturated rings. The summed E-state index contributed by atoms with van der Waals surface area (Å²) in [6.07, 6.45) is 3.18. The van der Waals surface area contributed by atoms with Gasteiger partial charge in [0, 0.05) is 11.8 Å². The molecule has 2 N–H and O–H groups in total. The number of benzene rings is 1. The summed E-state index contributed by atoms with van der Waals surface area (Å²) in [6.45, 7) is 4.13. The molecule has 0 unspecified atom stereocenters. The van der Waals surface area contributed by atoms with Crippen LogP contribution in [0.4, 0.5) is 5.69 Å². The number of hydrogen-bond acceptors (Lipinski definition) is 3. The van der Waals surface area contributed by atoms with Crippen LogP contribution in [0.15, 0.2) is 29.3 Å². The zero-order valence-corrected chi connectivity index (χ0v) is 12.5. The molecule has 1 aliphatic heterocycles. The maximum Gasteiger partial charge on any atom is 0.251 e. The first kappa shape index (κ1) is 14.7. The van der Waals surface area contributed by atoms with Crippen molar-refractivity contribution in [3.8, 4) is 0 Å². The minimum atomic E-state index is -0.203. The monoisotopic (exact) mass is 290 g/mol. The van der Waals surface area contributed by atoms with Crippen molar-refractivity contribution >= 4 is 29.3 Å². The largest absolute Gasteiger partial charge is 0.322 e. The fourth-order valence-corrected chi connectivity index (χ4v) is 2.85. The van der Waals surface area contributed by atoms with E-state index in [1.807, 2.05) is 18.2 Å². The molecular formula is C15H18N2O2S. The molecule has 2 rings (SSSR count). The second-order valence-electron chi connectivity index (χ2n) is 4.49. The lowest BCUT2D eigenvalue weighted by atomic mass is 10.0. The van der Waals surface area contributed by atoms with Crippen molar-refractivity contribution in [3.63, 3.8) is 0 Å². The highest BCUT2D eigenvalue weighted by molar-refractivity contribution is 8.04. The Hall–Kier alpha value is -1.75. The van der Waals surface area contributed by atoms with Gasteiger partial charge in [0.1, 0.15) is 0 Å². The number of thioether (sulfide) groups is 1. The summed E-state index contributed by atoms with van der Waals surface area (Å²) in [7, 11) is 0. The minimum Gasteiger partial charge on any atom is -0.322 e. The highest BCUT2D eigenvalue weighted by Crippen LogP contribution is 2.23. The number of amides is 2. The predicted octanol–water partition coefficient (Wildman–Crippen LogP) is 2.45. The van der Waals surface area contributed by atoms with Gasteiger partial charge in [0.25, 0.3) is 5.91 Å². The molecule has 0 radical (unpaired) electrons. The molecule has 0 saturated carbocycles. The number of nitrogens with one attached hydrogen (secondary N) is 2. The van der Waals surface area contributed by atoms with E-state index in [0.717, 1.165) is 29.7 Å². The molecule has 20 heavy (non-hydrogen) atoms. The van der Waals surface area contributed by atoms with Gasteiger partial charge in [-0.25, -0.2) is 0 Å². The van der Waals surface area contributed by atoms with Crippen molar-refractivity contribution in [1.29, 1.82) is 0 Å². The lowest BCUT2D eigenvalue weighted by molar-refractivity contribution is -0.117. The Bertz CT molecular complexity index is 545. The van der Waals surface area contributed by atoms with Crippen molar-refractivity contribution in [2.24, 2.45) is 0 Å². The minimum absolute atomic E-state index is 0.0581. The number of aryl methyl sites for hydroxylation is 2. The first-order chi connectivity index (χ1) is 9.63. The van der Waals surface area contributed by atoms with Crippen LogP contribution in [-0.4, -0.2) is 17.6 Å². The Balaban J connectivity index is 2.17. The van der Waals surface area contributed by atoms with Crippen molar-refractivity contribution in [3.05, 3.63) is 40.4 Å². The predicted molar refractivity (Wildman–Crippen MR) is 82.5 cm³/mol. The van der Waals surface area contributed by atoms with Crippen LogP contribution in [-0.2, 0) is 22.4 Å². The van der Waals surface area contributed by atoms with Crippen molar-refractivity contribution in [2.75, 3.05) is 11.1 Å². The SMILES string of the molecule is CCc1cccc(CC)c1NC(=O)/C=C1\NC(=O)CS1. The molecule has 1 aromatic carbocycles. The average Bonchev–Trinajstić information content (AvgIpc) is 2.84. The Morgan fingerprint density at radius 3 is 2.50 bits per heavy atom. The van der Waals surface area contributed by atoms with Gasteiger partial charge >= 0.3 is 0 Å². The number of hydrogen-bond donors (Lipinski definition) is 2. The summed E-state index contributed by atoms with van der Waals surface area (Å²) in [5.41, 5.74) is 3.15. The van der Waals surface area contributed by atoms with Gasteiger partial charge in [-0.1, -0.05) is 43.8 Å². The van der Waals surface area contributed by atoms with E-state index < -0.39 is 0 Å². The molecule has 4 nitrogen and oxygen atoms in total. The molecule has 0 aliphatic carbocycles. The van der Waals surface area contributed by atoms with E-state index in [4.69, 9.17) is 0 Å². The van der Waals surface area contributed by atoms with Gasteiger partial charge in [0.2, 0.25) is 5.91 Å². The summed E-state index contributed by atoms with van der Waals surface area (Å²) in [4.78, 5) is 23.1. The van der Waals surface area contributed by atoms with Gasteiger partial charge in [-0.3, -0.25) is 9.59 Å². The normalized spacial score (nSPS) is 16.3. The van der Waals surface area contributed by atoms with Gasteiger partial charge in [-0.05, 0) is 24.0 Å². The first-order valence-corrected chi connectivity index (χ1v) is 7.68. The Morgan fingerprint density at radius 1 is 1.35 bits per heavy atom. The van der Waals surface area contributed by atoms with Gasteiger partial charge in [-0.2, -0.15) is 0 Å². The third kappa shape index (κ3) is 3.42. The molecule has 1 saturated heterocycles. The second-order valence-corrected chi connectivity index (χ2v) is 5.51. The highest BCUT2D eigenvalue weighted by atomic mass is 32.2. The lowest BCUT2D eigenvalue weighted by Crippen LogP contribution is -2.17. The molecule has 0 bridgehead atoms. The summed E-state index contributed by atoms with van der Waals surface area (Å²) in [6, 6.07) is 6.06. The average molecular weight is 290 g/mol. The van der Waals surface area contributed by atoms with Crippen molar-refractivity contribution < 1.29 is 9.59 Å². The fraction of sp³-hybridized carbons (Fsp3) is 0.333. The second kappa shape index (κ2) is 6.61. The third-order valence-corrected chi connectivity index (χ3v) is 4.07. The number of carbonyl (C=O) groups excluding carboxylic acids is 2. The van der Waals surface area contributed by atoms with Gasteiger partial charge in [-0.15, -0.1) is 0 Å². The van der Waals surface area contributed by atoms with Crippen LogP contribution in [0.2, 0.25) is 0 Å². The molecule has 106 valence electrons. The van der Waals surface area contributed by atoms with Crippen LogP contribution in [0.5, 0.6) is 0 Å². The molecule has 2 amide bonds. The Labute approximate surface area is 123 Å². The van der Waals surface area contributed by atoms with E-state index in [-0.39, 0.29) is 11.8 Å². The summed E-state index contributed by atoms with van der Waals surface area (Å²) < 4.78 is 0. The van der Waals surface area contributed by atoms with E-state index >= 15 is 0 Å². The number of rotatable bonds is 4. The summed E-state index contributed by atoms with van der Waals surface area (Å²) in [5, 5.41) is 6.21. The smallest absolute Gasteiger partial charge is 0.251 e. The van der Waals surface area contributed by atoms with E-state index in [2.05, 4.69) is 24.5 Å². The number of carbonyl (C=O) groups is 2. The van der Waals surface area contributed by atoms with E-state index in [0.29, 0.717) is 10.8 Å². The van der Waals surface area contributed by atoms with Gasteiger partial charge < -0.3 is 10.6 Å². The highest BCUT2D eigenvalue weighted by Gasteiger charge is 2.16. The van der Waals surface area contributed by atoms with Crippen LogP contribution in [0.3, 0.4) is 0 Å². The van der Waals surface area contributed by atoms with Crippen LogP contribution < -0.4 is 10.6 Å². The maximum atomic E-state index is 12.1. The summed E-state index contributed by atoms with van der Waals surface area (Å²) in [5.74, 6) is 0.118. The molecule has 0 atom stereocenters. The molecule has 1 aliphatic rings. The Kier molecular flexibility index (Phi) is 4.84. The van der Waals surface area contributed by atoms with Gasteiger partial charge in [0.15, 0.2) is 0 Å². The quantitative estimate of drug-likeness (QED) is 0.837. The molecule has 5 heteroatoms. The van der Waals surface area contributed by atoms with Crippen LogP contribution in [0.1, 0.15) is 25.0 Å². The lowest BCUT2D eigenvalue weighted by Gasteiger charge is -2.13. The zero-order chi connectivity index (χ0) is 14.5. The molecule has 0 aromatic heterocycles. The van der Waals surface area contributed by atoms with Crippen LogP contribution in [0, 0.1) is 0 Å². The zero-order valence-electron chi connectivity index (χ0n) is 11.7. The van der Waals surface area contributed by atoms with Crippen LogP contribution in [0.25, 0.3) is 0 Å². The Morgan fingerprint density at radius 2 is 2.00 bits per heavy atom. The first-order valence-electron chi connectivity index (χ1n) is 6.70. The maximum absolute atomic E-state index is 12.1. The molecule has 1 heterocycles. The topological polar surface area (TPSA) is 58.2 Å². The molecular weight excluding hydrogens is 272 g/mol.